The minimum Gasteiger partial charge on any atom is -0.368 e. The lowest BCUT2D eigenvalue weighted by Gasteiger charge is -2.31. The van der Waals surface area contributed by atoms with E-state index in [1.807, 2.05) is 12.1 Å². The molecule has 0 bridgehead atoms. The van der Waals surface area contributed by atoms with Crippen LogP contribution in [0.25, 0.3) is 0 Å². The Morgan fingerprint density at radius 2 is 2.18 bits per heavy atom. The molecule has 0 unspecified atom stereocenters. The standard InChI is InChI=1S/C14H21FN2/c1-2-17(11-12-7-5-6-10-16-12)14-9-4-3-8-13(14)15/h3-4,8-9,12,16H,2,5-7,10-11H2,1H3/t12-/m0/s1. The molecule has 2 rings (SSSR count). The molecule has 0 amide bonds. The van der Waals surface area contributed by atoms with E-state index in [-0.39, 0.29) is 5.82 Å². The first-order chi connectivity index (χ1) is 8.31. The Hall–Kier alpha value is -1.09. The Morgan fingerprint density at radius 1 is 1.35 bits per heavy atom. The summed E-state index contributed by atoms with van der Waals surface area (Å²) < 4.78 is 13.7. The van der Waals surface area contributed by atoms with Crippen LogP contribution in [0.2, 0.25) is 0 Å². The van der Waals surface area contributed by atoms with Gasteiger partial charge in [0, 0.05) is 19.1 Å². The summed E-state index contributed by atoms with van der Waals surface area (Å²) in [6, 6.07) is 7.54. The summed E-state index contributed by atoms with van der Waals surface area (Å²) in [5.41, 5.74) is 0.724. The molecule has 0 radical (unpaired) electrons. The molecule has 1 aliphatic heterocycles. The van der Waals surface area contributed by atoms with Crippen LogP contribution in [-0.2, 0) is 0 Å². The third-order valence-electron chi connectivity index (χ3n) is 3.43. The second kappa shape index (κ2) is 6.01. The number of likely N-dealkylation sites (N-methyl/N-ethyl adjacent to an activating group) is 1. The molecular formula is C14H21FN2. The molecule has 0 spiro atoms. The van der Waals surface area contributed by atoms with Gasteiger partial charge in [0.1, 0.15) is 5.82 Å². The van der Waals surface area contributed by atoms with Gasteiger partial charge in [-0.3, -0.25) is 0 Å². The van der Waals surface area contributed by atoms with Crippen LogP contribution in [-0.4, -0.2) is 25.7 Å². The molecule has 1 saturated heterocycles. The van der Waals surface area contributed by atoms with Crippen molar-refractivity contribution in [3.05, 3.63) is 30.1 Å². The second-order valence-corrected chi connectivity index (χ2v) is 4.64. The fourth-order valence-electron chi connectivity index (χ4n) is 2.45. The number of nitrogens with zero attached hydrogens (tertiary/aromatic N) is 1. The summed E-state index contributed by atoms with van der Waals surface area (Å²) in [6.45, 7) is 4.92. The third-order valence-corrected chi connectivity index (χ3v) is 3.43. The lowest BCUT2D eigenvalue weighted by Crippen LogP contribution is -2.44. The minimum absolute atomic E-state index is 0.120. The molecule has 1 N–H and O–H groups in total. The summed E-state index contributed by atoms with van der Waals surface area (Å²) in [6.07, 6.45) is 3.75. The Bertz CT molecular complexity index is 348. The largest absolute Gasteiger partial charge is 0.368 e. The van der Waals surface area contributed by atoms with Crippen LogP contribution in [0.3, 0.4) is 0 Å². The van der Waals surface area contributed by atoms with Crippen LogP contribution >= 0.6 is 0 Å². The highest BCUT2D eigenvalue weighted by Crippen LogP contribution is 2.20. The zero-order valence-corrected chi connectivity index (χ0v) is 10.5. The fourth-order valence-corrected chi connectivity index (χ4v) is 2.45. The van der Waals surface area contributed by atoms with E-state index in [0.717, 1.165) is 25.3 Å². The van der Waals surface area contributed by atoms with Gasteiger partial charge in [0.2, 0.25) is 0 Å². The summed E-state index contributed by atoms with van der Waals surface area (Å²) in [5.74, 6) is -0.120. The number of para-hydroxylation sites is 1. The van der Waals surface area contributed by atoms with Gasteiger partial charge in [-0.1, -0.05) is 18.6 Å². The van der Waals surface area contributed by atoms with Gasteiger partial charge in [-0.15, -0.1) is 0 Å². The highest BCUT2D eigenvalue weighted by molar-refractivity contribution is 5.47. The van der Waals surface area contributed by atoms with E-state index in [2.05, 4.69) is 17.1 Å². The van der Waals surface area contributed by atoms with Gasteiger partial charge in [0.15, 0.2) is 0 Å². The number of hydrogen-bond donors (Lipinski definition) is 1. The summed E-state index contributed by atoms with van der Waals surface area (Å²) in [7, 11) is 0. The van der Waals surface area contributed by atoms with Gasteiger partial charge in [0.25, 0.3) is 0 Å². The van der Waals surface area contributed by atoms with Crippen LogP contribution < -0.4 is 10.2 Å². The molecule has 3 heteroatoms. The van der Waals surface area contributed by atoms with Crippen molar-refractivity contribution in [2.45, 2.75) is 32.2 Å². The normalized spacial score (nSPS) is 20.2. The van der Waals surface area contributed by atoms with Crippen molar-refractivity contribution in [2.24, 2.45) is 0 Å². The van der Waals surface area contributed by atoms with Crippen LogP contribution in [0.5, 0.6) is 0 Å². The molecule has 1 heterocycles. The second-order valence-electron chi connectivity index (χ2n) is 4.64. The molecule has 1 fully saturated rings. The maximum Gasteiger partial charge on any atom is 0.146 e. The van der Waals surface area contributed by atoms with Gasteiger partial charge in [-0.25, -0.2) is 4.39 Å². The first kappa shape index (κ1) is 12.4. The molecule has 1 aromatic carbocycles. The summed E-state index contributed by atoms with van der Waals surface area (Å²) in [5, 5.41) is 3.51. The van der Waals surface area contributed by atoms with Gasteiger partial charge in [-0.05, 0) is 38.4 Å². The van der Waals surface area contributed by atoms with Gasteiger partial charge in [-0.2, -0.15) is 0 Å². The van der Waals surface area contributed by atoms with Crippen LogP contribution in [0.1, 0.15) is 26.2 Å². The summed E-state index contributed by atoms with van der Waals surface area (Å²) >= 11 is 0. The third kappa shape index (κ3) is 3.19. The minimum atomic E-state index is -0.120. The topological polar surface area (TPSA) is 15.3 Å². The van der Waals surface area contributed by atoms with Crippen molar-refractivity contribution in [1.82, 2.24) is 5.32 Å². The van der Waals surface area contributed by atoms with Crippen LogP contribution in [0, 0.1) is 5.82 Å². The van der Waals surface area contributed by atoms with Crippen LogP contribution in [0.15, 0.2) is 24.3 Å². The Morgan fingerprint density at radius 3 is 2.82 bits per heavy atom. The molecular weight excluding hydrogens is 215 g/mol. The molecule has 1 aliphatic rings. The molecule has 94 valence electrons. The number of benzene rings is 1. The monoisotopic (exact) mass is 236 g/mol. The maximum atomic E-state index is 13.7. The number of rotatable bonds is 4. The van der Waals surface area contributed by atoms with E-state index in [1.54, 1.807) is 6.07 Å². The maximum absolute atomic E-state index is 13.7. The van der Waals surface area contributed by atoms with Crippen molar-refractivity contribution in [1.29, 1.82) is 0 Å². The first-order valence-electron chi connectivity index (χ1n) is 6.54. The molecule has 1 atom stereocenters. The van der Waals surface area contributed by atoms with Gasteiger partial charge in [0.05, 0.1) is 5.69 Å². The zero-order valence-electron chi connectivity index (χ0n) is 10.5. The Labute approximate surface area is 103 Å². The summed E-state index contributed by atoms with van der Waals surface area (Å²) in [4.78, 5) is 2.12. The SMILES string of the molecule is CCN(C[C@@H]1CCCCN1)c1ccccc1F. The Kier molecular flexibility index (Phi) is 4.37. The van der Waals surface area contributed by atoms with Crippen LogP contribution in [0.4, 0.5) is 10.1 Å². The van der Waals surface area contributed by atoms with E-state index >= 15 is 0 Å². The molecule has 1 aromatic rings. The first-order valence-corrected chi connectivity index (χ1v) is 6.54. The predicted molar refractivity (Wildman–Crippen MR) is 69.9 cm³/mol. The van der Waals surface area contributed by atoms with Gasteiger partial charge < -0.3 is 10.2 Å². The molecule has 2 nitrogen and oxygen atoms in total. The molecule has 17 heavy (non-hydrogen) atoms. The van der Waals surface area contributed by atoms with Crippen molar-refractivity contribution >= 4 is 5.69 Å². The van der Waals surface area contributed by atoms with E-state index in [4.69, 9.17) is 0 Å². The van der Waals surface area contributed by atoms with E-state index < -0.39 is 0 Å². The number of piperidine rings is 1. The zero-order chi connectivity index (χ0) is 12.1. The predicted octanol–water partition coefficient (Wildman–Crippen LogP) is 2.79. The lowest BCUT2D eigenvalue weighted by atomic mass is 10.0. The van der Waals surface area contributed by atoms with Crippen molar-refractivity contribution in [2.75, 3.05) is 24.5 Å². The van der Waals surface area contributed by atoms with E-state index in [9.17, 15) is 4.39 Å². The average molecular weight is 236 g/mol. The van der Waals surface area contributed by atoms with Gasteiger partial charge >= 0.3 is 0 Å². The highest BCUT2D eigenvalue weighted by atomic mass is 19.1. The number of nitrogens with one attached hydrogen (secondary N) is 1. The van der Waals surface area contributed by atoms with E-state index in [0.29, 0.717) is 6.04 Å². The lowest BCUT2D eigenvalue weighted by molar-refractivity contribution is 0.399. The number of hydrogen-bond acceptors (Lipinski definition) is 2. The number of anilines is 1. The quantitative estimate of drug-likeness (QED) is 0.864. The van der Waals surface area contributed by atoms with Crippen molar-refractivity contribution in [3.63, 3.8) is 0 Å². The Balaban J connectivity index is 2.03. The molecule has 0 aromatic heterocycles. The highest BCUT2D eigenvalue weighted by Gasteiger charge is 2.17. The smallest absolute Gasteiger partial charge is 0.146 e. The number of halogens is 1. The van der Waals surface area contributed by atoms with Crippen molar-refractivity contribution < 1.29 is 4.39 Å². The fraction of sp³-hybridized carbons (Fsp3) is 0.571. The van der Waals surface area contributed by atoms with E-state index in [1.165, 1.54) is 25.3 Å². The molecule has 0 aliphatic carbocycles. The van der Waals surface area contributed by atoms with Crippen molar-refractivity contribution in [3.8, 4) is 0 Å². The molecule has 0 saturated carbocycles. The average Bonchev–Trinajstić information content (AvgIpc) is 2.38.